The minimum absolute atomic E-state index is 0.0341. The number of ketones is 1. The number of rotatable bonds is 6. The summed E-state index contributed by atoms with van der Waals surface area (Å²) in [6, 6.07) is 11.1. The maximum Gasteiger partial charge on any atom is 0.226 e. The topological polar surface area (TPSA) is 59.1 Å². The van der Waals surface area contributed by atoms with E-state index >= 15 is 0 Å². The number of carbonyl (C=O) groups is 2. The number of hydrogen-bond acceptors (Lipinski definition) is 4. The first-order valence-electron chi connectivity index (χ1n) is 9.07. The zero-order valence-corrected chi connectivity index (χ0v) is 18.6. The van der Waals surface area contributed by atoms with Crippen LogP contribution in [0.4, 0.5) is 5.13 Å². The Hall–Kier alpha value is -2.21. The van der Waals surface area contributed by atoms with Crippen LogP contribution in [0.2, 0.25) is 10.0 Å². The van der Waals surface area contributed by atoms with Crippen molar-refractivity contribution in [1.82, 2.24) is 4.98 Å². The van der Waals surface area contributed by atoms with Gasteiger partial charge in [-0.2, -0.15) is 0 Å². The quantitative estimate of drug-likeness (QED) is 0.431. The third-order valence-corrected chi connectivity index (χ3v) is 6.13. The van der Waals surface area contributed by atoms with Crippen molar-refractivity contribution in [2.45, 2.75) is 33.6 Å². The minimum atomic E-state index is -0.238. The van der Waals surface area contributed by atoms with E-state index in [0.717, 1.165) is 27.3 Å². The van der Waals surface area contributed by atoms with Gasteiger partial charge in [-0.1, -0.05) is 47.0 Å². The molecule has 0 aliphatic heterocycles. The van der Waals surface area contributed by atoms with E-state index < -0.39 is 0 Å². The van der Waals surface area contributed by atoms with Crippen LogP contribution in [0.1, 0.15) is 39.2 Å². The molecule has 0 bridgehead atoms. The fourth-order valence-corrected chi connectivity index (χ4v) is 4.09. The highest BCUT2D eigenvalue weighted by Crippen LogP contribution is 2.33. The predicted octanol–water partition coefficient (Wildman–Crippen LogP) is 6.64. The van der Waals surface area contributed by atoms with E-state index in [9.17, 15) is 9.59 Å². The fourth-order valence-electron chi connectivity index (χ4n) is 2.94. The number of halogens is 2. The second kappa shape index (κ2) is 9.08. The van der Waals surface area contributed by atoms with Crippen LogP contribution in [0.5, 0.6) is 0 Å². The Morgan fingerprint density at radius 3 is 2.48 bits per heavy atom. The molecule has 0 aliphatic rings. The van der Waals surface area contributed by atoms with Crippen molar-refractivity contribution < 1.29 is 9.59 Å². The van der Waals surface area contributed by atoms with Crippen LogP contribution >= 0.6 is 34.5 Å². The van der Waals surface area contributed by atoms with Gasteiger partial charge in [-0.25, -0.2) is 4.98 Å². The van der Waals surface area contributed by atoms with Crippen LogP contribution in [0.25, 0.3) is 11.3 Å². The summed E-state index contributed by atoms with van der Waals surface area (Å²) in [6.07, 6.45) is 0.257. The molecule has 29 heavy (non-hydrogen) atoms. The molecule has 0 aliphatic carbocycles. The van der Waals surface area contributed by atoms with Crippen LogP contribution in [0, 0.1) is 20.8 Å². The Kier molecular flexibility index (Phi) is 6.73. The molecule has 150 valence electrons. The number of thiazole rings is 1. The van der Waals surface area contributed by atoms with E-state index in [4.69, 9.17) is 23.2 Å². The van der Waals surface area contributed by atoms with Crippen molar-refractivity contribution in [1.29, 1.82) is 0 Å². The van der Waals surface area contributed by atoms with E-state index in [1.807, 2.05) is 45.0 Å². The van der Waals surface area contributed by atoms with E-state index in [-0.39, 0.29) is 24.5 Å². The molecule has 0 radical (unpaired) electrons. The zero-order chi connectivity index (χ0) is 21.1. The normalized spacial score (nSPS) is 10.8. The minimum Gasteiger partial charge on any atom is -0.302 e. The maximum atomic E-state index is 12.5. The molecular formula is C22H20Cl2N2O2S. The zero-order valence-electron chi connectivity index (χ0n) is 16.3. The molecule has 2 aromatic carbocycles. The average molecular weight is 447 g/mol. The number of aryl methyl sites for hydroxylation is 3. The molecule has 7 heteroatoms. The van der Waals surface area contributed by atoms with Gasteiger partial charge in [-0.05, 0) is 44.5 Å². The van der Waals surface area contributed by atoms with Gasteiger partial charge >= 0.3 is 0 Å². The number of Topliss-reactive ketones (excluding diaryl/α,β-unsaturated/α-hetero) is 1. The number of benzene rings is 2. The number of nitrogens with one attached hydrogen (secondary N) is 1. The third-order valence-electron chi connectivity index (χ3n) is 4.51. The summed E-state index contributed by atoms with van der Waals surface area (Å²) in [5.41, 5.74) is 4.19. The first-order valence-corrected chi connectivity index (χ1v) is 10.6. The van der Waals surface area contributed by atoms with Crippen LogP contribution < -0.4 is 5.32 Å². The van der Waals surface area contributed by atoms with Gasteiger partial charge in [0.1, 0.15) is 0 Å². The molecule has 1 N–H and O–H groups in total. The lowest BCUT2D eigenvalue weighted by Gasteiger charge is -2.06. The highest BCUT2D eigenvalue weighted by Gasteiger charge is 2.15. The molecule has 0 unspecified atom stereocenters. The van der Waals surface area contributed by atoms with E-state index in [2.05, 4.69) is 10.3 Å². The standard InChI is InChI=1S/C22H20Cl2N2O2S/c1-12-4-5-13(2)16(10-12)19(27)8-9-20(28)25-22-26-21(14(3)29-22)15-6-7-17(23)18(24)11-15/h4-7,10-11H,8-9H2,1-3H3,(H,25,26,28). The third kappa shape index (κ3) is 5.24. The molecule has 1 aromatic heterocycles. The largest absolute Gasteiger partial charge is 0.302 e. The van der Waals surface area contributed by atoms with E-state index in [1.165, 1.54) is 11.3 Å². The van der Waals surface area contributed by atoms with Crippen LogP contribution in [-0.4, -0.2) is 16.7 Å². The Labute approximate surface area is 183 Å². The van der Waals surface area contributed by atoms with Gasteiger partial charge in [0.2, 0.25) is 5.91 Å². The van der Waals surface area contributed by atoms with E-state index in [1.54, 1.807) is 12.1 Å². The Balaban J connectivity index is 1.64. The maximum absolute atomic E-state index is 12.5. The van der Waals surface area contributed by atoms with Crippen LogP contribution in [-0.2, 0) is 4.79 Å². The molecule has 0 atom stereocenters. The Morgan fingerprint density at radius 1 is 1.00 bits per heavy atom. The summed E-state index contributed by atoms with van der Waals surface area (Å²) in [6.45, 7) is 5.77. The lowest BCUT2D eigenvalue weighted by molar-refractivity contribution is -0.116. The number of carbonyl (C=O) groups excluding carboxylic acids is 2. The van der Waals surface area contributed by atoms with Crippen LogP contribution in [0.3, 0.4) is 0 Å². The highest BCUT2D eigenvalue weighted by molar-refractivity contribution is 7.16. The first kappa shape index (κ1) is 21.5. The monoisotopic (exact) mass is 446 g/mol. The summed E-state index contributed by atoms with van der Waals surface area (Å²) >= 11 is 13.4. The van der Waals surface area contributed by atoms with Crippen molar-refractivity contribution in [2.24, 2.45) is 0 Å². The highest BCUT2D eigenvalue weighted by atomic mass is 35.5. The van der Waals surface area contributed by atoms with Crippen molar-refractivity contribution >= 4 is 51.4 Å². The summed E-state index contributed by atoms with van der Waals surface area (Å²) in [7, 11) is 0. The van der Waals surface area contributed by atoms with Gasteiger partial charge in [-0.3, -0.25) is 9.59 Å². The van der Waals surface area contributed by atoms with Gasteiger partial charge < -0.3 is 5.32 Å². The Bertz CT molecular complexity index is 1090. The van der Waals surface area contributed by atoms with Crippen LogP contribution in [0.15, 0.2) is 36.4 Å². The second-order valence-electron chi connectivity index (χ2n) is 6.84. The summed E-state index contributed by atoms with van der Waals surface area (Å²) < 4.78 is 0. The van der Waals surface area contributed by atoms with Crippen molar-refractivity contribution in [3.8, 4) is 11.3 Å². The lowest BCUT2D eigenvalue weighted by Crippen LogP contribution is -2.13. The number of hydrogen-bond donors (Lipinski definition) is 1. The molecular weight excluding hydrogens is 427 g/mol. The molecule has 0 saturated heterocycles. The molecule has 4 nitrogen and oxygen atoms in total. The van der Waals surface area contributed by atoms with Gasteiger partial charge in [0.15, 0.2) is 10.9 Å². The predicted molar refractivity (Wildman–Crippen MR) is 120 cm³/mol. The van der Waals surface area contributed by atoms with Gasteiger partial charge in [0.05, 0.1) is 15.7 Å². The lowest BCUT2D eigenvalue weighted by atomic mass is 9.99. The summed E-state index contributed by atoms with van der Waals surface area (Å²) in [5, 5.41) is 4.21. The SMILES string of the molecule is Cc1ccc(C)c(C(=O)CCC(=O)Nc2nc(-c3ccc(Cl)c(Cl)c3)c(C)s2)c1. The summed E-state index contributed by atoms with van der Waals surface area (Å²) in [5.74, 6) is -0.272. The molecule has 3 aromatic rings. The number of anilines is 1. The first-order chi connectivity index (χ1) is 13.7. The van der Waals surface area contributed by atoms with Gasteiger partial charge in [0.25, 0.3) is 0 Å². The van der Waals surface area contributed by atoms with E-state index in [0.29, 0.717) is 20.7 Å². The number of amides is 1. The second-order valence-corrected chi connectivity index (χ2v) is 8.86. The molecule has 0 spiro atoms. The molecule has 1 amide bonds. The number of nitrogens with zero attached hydrogens (tertiary/aromatic N) is 1. The van der Waals surface area contributed by atoms with Crippen molar-refractivity contribution in [3.05, 3.63) is 68.0 Å². The van der Waals surface area contributed by atoms with Gasteiger partial charge in [0, 0.05) is 28.8 Å². The van der Waals surface area contributed by atoms with Crippen molar-refractivity contribution in [3.63, 3.8) is 0 Å². The molecule has 3 rings (SSSR count). The smallest absolute Gasteiger partial charge is 0.226 e. The molecule has 1 heterocycles. The number of aromatic nitrogens is 1. The molecule has 0 fully saturated rings. The van der Waals surface area contributed by atoms with Crippen molar-refractivity contribution in [2.75, 3.05) is 5.32 Å². The molecule has 0 saturated carbocycles. The Morgan fingerprint density at radius 2 is 1.76 bits per heavy atom. The summed E-state index contributed by atoms with van der Waals surface area (Å²) in [4.78, 5) is 30.2. The fraction of sp³-hybridized carbons (Fsp3) is 0.227. The average Bonchev–Trinajstić information content (AvgIpc) is 3.04. The van der Waals surface area contributed by atoms with Gasteiger partial charge in [-0.15, -0.1) is 11.3 Å².